The van der Waals surface area contributed by atoms with Gasteiger partial charge in [0.15, 0.2) is 0 Å². The van der Waals surface area contributed by atoms with Gasteiger partial charge < -0.3 is 0 Å². The molecule has 0 saturated carbocycles. The zero-order chi connectivity index (χ0) is 7.28. The topological polar surface area (TPSA) is 0 Å². The highest BCUT2D eigenvalue weighted by atomic mass is 28.2. The fourth-order valence-corrected chi connectivity index (χ4v) is 2.64. The molecule has 0 rings (SSSR count). The molecule has 0 bridgehead atoms. The van der Waals surface area contributed by atoms with Crippen LogP contribution in [0.5, 0.6) is 0 Å². The van der Waals surface area contributed by atoms with Crippen molar-refractivity contribution < 1.29 is 0 Å². The van der Waals surface area contributed by atoms with Gasteiger partial charge in [0, 0.05) is 9.52 Å². The van der Waals surface area contributed by atoms with E-state index in [0.717, 1.165) is 11.8 Å². The normalized spacial score (nSPS) is 15.7. The minimum Gasteiger partial charge on any atom is -0.0748 e. The maximum Gasteiger partial charge on any atom is 0.0169 e. The molecule has 0 spiro atoms. The standard InChI is InChI=1S/C8H20Si/c1-7(2)5-8(3)6-9-4/h7-8H,5-6,9H2,1-4H3. The smallest absolute Gasteiger partial charge is 0.0169 e. The first-order valence-electron chi connectivity index (χ1n) is 4.16. The number of hydrogen-bond acceptors (Lipinski definition) is 0. The molecule has 0 fully saturated rings. The van der Waals surface area contributed by atoms with E-state index in [4.69, 9.17) is 0 Å². The maximum absolute atomic E-state index is 2.40. The molecular weight excluding hydrogens is 124 g/mol. The minimum atomic E-state index is 0.324. The second-order valence-electron chi connectivity index (χ2n) is 3.52. The molecule has 0 amide bonds. The molecule has 0 aromatic rings. The number of hydrogen-bond donors (Lipinski definition) is 0. The molecule has 0 nitrogen and oxygen atoms in total. The molecule has 0 radical (unpaired) electrons. The third-order valence-corrected chi connectivity index (χ3v) is 3.22. The summed E-state index contributed by atoms with van der Waals surface area (Å²) in [5, 5.41) is 0. The predicted molar refractivity (Wildman–Crippen MR) is 47.8 cm³/mol. The molecule has 0 aromatic heterocycles. The van der Waals surface area contributed by atoms with E-state index in [1.165, 1.54) is 12.5 Å². The van der Waals surface area contributed by atoms with E-state index in [1.54, 1.807) is 0 Å². The molecule has 1 unspecified atom stereocenters. The molecule has 56 valence electrons. The Hall–Kier alpha value is 0.217. The Labute approximate surface area is 61.9 Å². The van der Waals surface area contributed by atoms with Crippen LogP contribution in [-0.4, -0.2) is 9.52 Å². The van der Waals surface area contributed by atoms with Gasteiger partial charge in [-0.2, -0.15) is 0 Å². The predicted octanol–water partition coefficient (Wildman–Crippen LogP) is 2.30. The summed E-state index contributed by atoms with van der Waals surface area (Å²) in [6, 6.07) is 1.54. The van der Waals surface area contributed by atoms with Crippen molar-refractivity contribution in [2.45, 2.75) is 39.8 Å². The summed E-state index contributed by atoms with van der Waals surface area (Å²) in [7, 11) is 0.324. The maximum atomic E-state index is 2.40. The lowest BCUT2D eigenvalue weighted by Crippen LogP contribution is -2.01. The first kappa shape index (κ1) is 9.22. The van der Waals surface area contributed by atoms with Gasteiger partial charge in [0.25, 0.3) is 0 Å². The van der Waals surface area contributed by atoms with Gasteiger partial charge in [-0.15, -0.1) is 0 Å². The van der Waals surface area contributed by atoms with E-state index in [9.17, 15) is 0 Å². The lowest BCUT2D eigenvalue weighted by Gasteiger charge is -2.11. The quantitative estimate of drug-likeness (QED) is 0.531. The summed E-state index contributed by atoms with van der Waals surface area (Å²) in [4.78, 5) is 0. The zero-order valence-electron chi connectivity index (χ0n) is 7.28. The molecule has 0 aliphatic carbocycles. The largest absolute Gasteiger partial charge is 0.0748 e. The van der Waals surface area contributed by atoms with Crippen molar-refractivity contribution in [1.29, 1.82) is 0 Å². The average Bonchev–Trinajstić information content (AvgIpc) is 1.63. The third-order valence-electron chi connectivity index (χ3n) is 1.66. The van der Waals surface area contributed by atoms with Crippen LogP contribution in [-0.2, 0) is 0 Å². The van der Waals surface area contributed by atoms with Crippen molar-refractivity contribution in [3.8, 4) is 0 Å². The monoisotopic (exact) mass is 144 g/mol. The first-order valence-corrected chi connectivity index (χ1v) is 6.58. The summed E-state index contributed by atoms with van der Waals surface area (Å²) in [6.45, 7) is 9.41. The van der Waals surface area contributed by atoms with Gasteiger partial charge in [-0.3, -0.25) is 0 Å². The van der Waals surface area contributed by atoms with Crippen LogP contribution in [0.4, 0.5) is 0 Å². The summed E-state index contributed by atoms with van der Waals surface area (Å²) in [6.07, 6.45) is 1.43. The van der Waals surface area contributed by atoms with Crippen LogP contribution in [0.1, 0.15) is 27.2 Å². The lowest BCUT2D eigenvalue weighted by atomic mass is 10.0. The summed E-state index contributed by atoms with van der Waals surface area (Å²) in [5.41, 5.74) is 0. The summed E-state index contributed by atoms with van der Waals surface area (Å²) in [5.74, 6) is 1.90. The molecule has 0 N–H and O–H groups in total. The SMILES string of the molecule is C[SiH2]CC(C)CC(C)C. The van der Waals surface area contributed by atoms with Crippen molar-refractivity contribution in [1.82, 2.24) is 0 Å². The molecule has 0 aliphatic heterocycles. The Morgan fingerprint density at radius 3 is 2.11 bits per heavy atom. The Morgan fingerprint density at radius 1 is 1.22 bits per heavy atom. The van der Waals surface area contributed by atoms with Crippen molar-refractivity contribution in [2.75, 3.05) is 0 Å². The van der Waals surface area contributed by atoms with Crippen molar-refractivity contribution in [2.24, 2.45) is 11.8 Å². The Bertz CT molecular complexity index is 59.6. The summed E-state index contributed by atoms with van der Waals surface area (Å²) >= 11 is 0. The van der Waals surface area contributed by atoms with E-state index < -0.39 is 0 Å². The van der Waals surface area contributed by atoms with Gasteiger partial charge in [-0.25, -0.2) is 0 Å². The lowest BCUT2D eigenvalue weighted by molar-refractivity contribution is 0.468. The Morgan fingerprint density at radius 2 is 1.78 bits per heavy atom. The van der Waals surface area contributed by atoms with Gasteiger partial charge in [0.05, 0.1) is 0 Å². The van der Waals surface area contributed by atoms with Crippen LogP contribution < -0.4 is 0 Å². The van der Waals surface area contributed by atoms with Crippen LogP contribution in [0, 0.1) is 11.8 Å². The molecule has 1 heteroatoms. The van der Waals surface area contributed by atoms with Gasteiger partial charge in [0.1, 0.15) is 0 Å². The van der Waals surface area contributed by atoms with Crippen molar-refractivity contribution >= 4 is 9.52 Å². The molecule has 0 saturated heterocycles. The number of rotatable bonds is 4. The van der Waals surface area contributed by atoms with Crippen LogP contribution in [0.25, 0.3) is 0 Å². The van der Waals surface area contributed by atoms with Crippen molar-refractivity contribution in [3.63, 3.8) is 0 Å². The molecule has 0 heterocycles. The molecule has 1 atom stereocenters. The van der Waals surface area contributed by atoms with E-state index in [2.05, 4.69) is 27.3 Å². The van der Waals surface area contributed by atoms with E-state index in [0.29, 0.717) is 9.52 Å². The van der Waals surface area contributed by atoms with Gasteiger partial charge in [-0.05, 0) is 18.3 Å². The van der Waals surface area contributed by atoms with E-state index in [-0.39, 0.29) is 0 Å². The molecular formula is C8H20Si. The molecule has 9 heavy (non-hydrogen) atoms. The zero-order valence-corrected chi connectivity index (χ0v) is 8.69. The van der Waals surface area contributed by atoms with Crippen molar-refractivity contribution in [3.05, 3.63) is 0 Å². The fourth-order valence-electron chi connectivity index (χ4n) is 1.42. The van der Waals surface area contributed by atoms with E-state index in [1.807, 2.05) is 0 Å². The van der Waals surface area contributed by atoms with Gasteiger partial charge in [0.2, 0.25) is 0 Å². The Balaban J connectivity index is 3.15. The second-order valence-corrected chi connectivity index (χ2v) is 5.10. The summed E-state index contributed by atoms with van der Waals surface area (Å²) < 4.78 is 0. The first-order chi connectivity index (χ1) is 4.16. The highest BCUT2D eigenvalue weighted by Gasteiger charge is 2.02. The molecule has 0 aromatic carbocycles. The van der Waals surface area contributed by atoms with Crippen LogP contribution >= 0.6 is 0 Å². The molecule has 0 aliphatic rings. The van der Waals surface area contributed by atoms with Crippen LogP contribution in [0.3, 0.4) is 0 Å². The van der Waals surface area contributed by atoms with Gasteiger partial charge in [-0.1, -0.05) is 33.4 Å². The van der Waals surface area contributed by atoms with Crippen LogP contribution in [0.15, 0.2) is 0 Å². The fraction of sp³-hybridized carbons (Fsp3) is 1.00. The second kappa shape index (κ2) is 5.04. The third kappa shape index (κ3) is 6.10. The van der Waals surface area contributed by atoms with Crippen LogP contribution in [0.2, 0.25) is 12.6 Å². The highest BCUT2D eigenvalue weighted by molar-refractivity contribution is 6.33. The van der Waals surface area contributed by atoms with Gasteiger partial charge >= 0.3 is 0 Å². The highest BCUT2D eigenvalue weighted by Crippen LogP contribution is 2.13. The van der Waals surface area contributed by atoms with E-state index >= 15 is 0 Å². The Kier molecular flexibility index (Phi) is 5.16. The average molecular weight is 144 g/mol. The minimum absolute atomic E-state index is 0.324.